The molecule has 1 saturated carbocycles. The van der Waals surface area contributed by atoms with Crippen molar-refractivity contribution >= 4 is 5.78 Å². The Hall–Kier alpha value is -3.52. The molecule has 0 bridgehead atoms. The number of carbonyl (C=O) groups excluding carboxylic acids is 1. The van der Waals surface area contributed by atoms with Gasteiger partial charge in [-0.3, -0.25) is 4.79 Å². The summed E-state index contributed by atoms with van der Waals surface area (Å²) in [5.74, 6) is 0.987. The summed E-state index contributed by atoms with van der Waals surface area (Å²) in [7, 11) is 3.02. The second-order valence-corrected chi connectivity index (χ2v) is 9.11. The molecule has 4 rings (SSSR count). The molecule has 1 aromatic heterocycles. The number of carbonyl (C=O) groups is 1. The topological polar surface area (TPSA) is 83.7 Å². The smallest absolute Gasteiger partial charge is 0.163 e. The number of hydrogen-bond donors (Lipinski definition) is 1. The zero-order valence-corrected chi connectivity index (χ0v) is 20.6. The lowest BCUT2D eigenvalue weighted by Crippen LogP contribution is -2.40. The fraction of sp³-hybridized carbons (Fsp3) is 0.357. The number of halogens is 2. The Morgan fingerprint density at radius 3 is 2.42 bits per heavy atom. The largest absolute Gasteiger partial charge is 0.494 e. The van der Waals surface area contributed by atoms with E-state index < -0.39 is 12.2 Å². The highest BCUT2D eigenvalue weighted by Crippen LogP contribution is 2.36. The minimum atomic E-state index is -1.50. The van der Waals surface area contributed by atoms with Gasteiger partial charge in [0.2, 0.25) is 0 Å². The van der Waals surface area contributed by atoms with E-state index in [1.165, 1.54) is 20.3 Å². The van der Waals surface area contributed by atoms with E-state index in [1.807, 2.05) is 0 Å². The number of alkyl halides is 1. The number of Topliss-reactive ketones (excluding diaryl/α,β-unsaturated/α-hetero) is 1. The van der Waals surface area contributed by atoms with Gasteiger partial charge in [-0.2, -0.15) is 0 Å². The van der Waals surface area contributed by atoms with Crippen molar-refractivity contribution in [1.82, 2.24) is 4.98 Å². The average molecular weight is 497 g/mol. The lowest BCUT2D eigenvalue weighted by Gasteiger charge is -2.26. The van der Waals surface area contributed by atoms with E-state index in [9.17, 15) is 13.6 Å². The SMILES string of the molecule is COc1cc(C(=O)CCC(N)(CF)c2ccc(OC)c(-c3ccc(F)c(C)c3)n2)ccc1OC1CC1. The number of aryl methyl sites for hydroxylation is 1. The van der Waals surface area contributed by atoms with E-state index in [0.717, 1.165) is 12.8 Å². The lowest BCUT2D eigenvalue weighted by atomic mass is 9.89. The van der Waals surface area contributed by atoms with Crippen LogP contribution >= 0.6 is 0 Å². The van der Waals surface area contributed by atoms with Crippen molar-refractivity contribution in [3.8, 4) is 28.5 Å². The molecule has 0 saturated heterocycles. The predicted octanol–water partition coefficient (Wildman–Crippen LogP) is 5.54. The van der Waals surface area contributed by atoms with Crippen LogP contribution in [0, 0.1) is 12.7 Å². The monoisotopic (exact) mass is 496 g/mol. The molecule has 2 N–H and O–H groups in total. The number of nitrogens with zero attached hydrogens (tertiary/aromatic N) is 1. The zero-order valence-electron chi connectivity index (χ0n) is 20.6. The normalized spacial score (nSPS) is 14.7. The summed E-state index contributed by atoms with van der Waals surface area (Å²) in [5, 5.41) is 0. The first-order valence-electron chi connectivity index (χ1n) is 11.8. The Balaban J connectivity index is 1.55. The quantitative estimate of drug-likeness (QED) is 0.351. The molecule has 36 heavy (non-hydrogen) atoms. The Morgan fingerprint density at radius 2 is 1.78 bits per heavy atom. The van der Waals surface area contributed by atoms with E-state index in [4.69, 9.17) is 19.9 Å². The summed E-state index contributed by atoms with van der Waals surface area (Å²) in [6.07, 6.45) is 2.25. The minimum absolute atomic E-state index is 0.00506. The molecule has 0 spiro atoms. The first kappa shape index (κ1) is 25.6. The molecule has 1 fully saturated rings. The van der Waals surface area contributed by atoms with Gasteiger partial charge in [0.05, 0.1) is 31.6 Å². The van der Waals surface area contributed by atoms with Crippen LogP contribution in [0.3, 0.4) is 0 Å². The number of aromatic nitrogens is 1. The van der Waals surface area contributed by atoms with Crippen molar-refractivity contribution in [3.05, 3.63) is 71.2 Å². The molecule has 190 valence electrons. The maximum Gasteiger partial charge on any atom is 0.163 e. The third-order valence-electron chi connectivity index (χ3n) is 6.36. The number of methoxy groups -OCH3 is 2. The van der Waals surface area contributed by atoms with E-state index >= 15 is 0 Å². The Kier molecular flexibility index (Phi) is 7.54. The summed E-state index contributed by atoms with van der Waals surface area (Å²) in [4.78, 5) is 17.6. The molecule has 3 aromatic rings. The number of nitrogens with two attached hydrogens (primary N) is 1. The summed E-state index contributed by atoms with van der Waals surface area (Å²) in [6.45, 7) is 0.730. The predicted molar refractivity (Wildman–Crippen MR) is 133 cm³/mol. The van der Waals surface area contributed by atoms with Crippen LogP contribution in [0.4, 0.5) is 8.78 Å². The van der Waals surface area contributed by atoms with Gasteiger partial charge in [-0.15, -0.1) is 0 Å². The van der Waals surface area contributed by atoms with Gasteiger partial charge in [-0.1, -0.05) is 0 Å². The second-order valence-electron chi connectivity index (χ2n) is 9.11. The maximum absolute atomic E-state index is 14.3. The molecule has 1 aliphatic rings. The number of ketones is 1. The van der Waals surface area contributed by atoms with Crippen molar-refractivity contribution < 1.29 is 27.8 Å². The Morgan fingerprint density at radius 1 is 1.06 bits per heavy atom. The summed E-state index contributed by atoms with van der Waals surface area (Å²) in [5.41, 5.74) is 7.14. The number of hydrogen-bond acceptors (Lipinski definition) is 6. The van der Waals surface area contributed by atoms with Crippen LogP contribution in [0.2, 0.25) is 0 Å². The lowest BCUT2D eigenvalue weighted by molar-refractivity contribution is 0.0965. The standard InChI is InChI=1S/C28H30F2N2O4/c1-17-14-19(4-8-21(17)30)27-24(34-2)10-11-26(32-27)28(31,16-29)13-12-22(33)18-5-9-23(25(15-18)35-3)36-20-6-7-20/h4-5,8-11,14-15,20H,6-7,12-13,16,31H2,1-3H3. The van der Waals surface area contributed by atoms with E-state index in [0.29, 0.717) is 39.6 Å². The zero-order chi connectivity index (χ0) is 25.9. The van der Waals surface area contributed by atoms with Crippen LogP contribution in [0.15, 0.2) is 48.5 Å². The Labute approximate surface area is 209 Å². The van der Waals surface area contributed by atoms with Crippen LogP contribution in [0.25, 0.3) is 11.3 Å². The summed E-state index contributed by atoms with van der Waals surface area (Å²) >= 11 is 0. The van der Waals surface area contributed by atoms with Gasteiger partial charge in [0.15, 0.2) is 17.3 Å². The van der Waals surface area contributed by atoms with Gasteiger partial charge < -0.3 is 19.9 Å². The van der Waals surface area contributed by atoms with E-state index in [2.05, 4.69) is 4.98 Å². The van der Waals surface area contributed by atoms with Gasteiger partial charge in [-0.05, 0) is 80.3 Å². The first-order chi connectivity index (χ1) is 17.3. The minimum Gasteiger partial charge on any atom is -0.494 e. The highest BCUT2D eigenvalue weighted by atomic mass is 19.1. The van der Waals surface area contributed by atoms with Crippen molar-refractivity contribution in [3.63, 3.8) is 0 Å². The molecule has 1 atom stereocenters. The molecule has 1 aliphatic carbocycles. The molecule has 0 aliphatic heterocycles. The number of pyridine rings is 1. The van der Waals surface area contributed by atoms with Crippen LogP contribution < -0.4 is 19.9 Å². The fourth-order valence-electron chi connectivity index (χ4n) is 3.94. The highest BCUT2D eigenvalue weighted by Gasteiger charge is 2.31. The number of ether oxygens (including phenoxy) is 3. The van der Waals surface area contributed by atoms with Crippen molar-refractivity contribution in [2.45, 2.75) is 44.2 Å². The fourth-order valence-corrected chi connectivity index (χ4v) is 3.94. The van der Waals surface area contributed by atoms with Crippen molar-refractivity contribution in [2.75, 3.05) is 20.9 Å². The van der Waals surface area contributed by atoms with Crippen LogP contribution in [0.1, 0.15) is 47.3 Å². The number of benzene rings is 2. The van der Waals surface area contributed by atoms with Crippen molar-refractivity contribution in [1.29, 1.82) is 0 Å². The van der Waals surface area contributed by atoms with E-state index in [1.54, 1.807) is 49.4 Å². The molecular formula is C28H30F2N2O4. The molecule has 6 nitrogen and oxygen atoms in total. The van der Waals surface area contributed by atoms with Crippen molar-refractivity contribution in [2.24, 2.45) is 5.73 Å². The van der Waals surface area contributed by atoms with Gasteiger partial charge in [-0.25, -0.2) is 13.8 Å². The average Bonchev–Trinajstić information content (AvgIpc) is 3.72. The van der Waals surface area contributed by atoms with Gasteiger partial charge >= 0.3 is 0 Å². The van der Waals surface area contributed by atoms with Gasteiger partial charge in [0.1, 0.15) is 23.9 Å². The van der Waals surface area contributed by atoms with Gasteiger partial charge in [0.25, 0.3) is 0 Å². The Bertz CT molecular complexity index is 1260. The molecule has 0 radical (unpaired) electrons. The molecule has 0 amide bonds. The first-order valence-corrected chi connectivity index (χ1v) is 11.8. The molecular weight excluding hydrogens is 466 g/mol. The van der Waals surface area contributed by atoms with Crippen LogP contribution in [-0.2, 0) is 5.54 Å². The van der Waals surface area contributed by atoms with Crippen LogP contribution in [0.5, 0.6) is 17.2 Å². The van der Waals surface area contributed by atoms with Gasteiger partial charge in [0, 0.05) is 17.5 Å². The number of rotatable bonds is 11. The third-order valence-corrected chi connectivity index (χ3v) is 6.36. The molecule has 1 unspecified atom stereocenters. The second kappa shape index (κ2) is 10.6. The third kappa shape index (κ3) is 5.49. The van der Waals surface area contributed by atoms with Crippen LogP contribution in [-0.4, -0.2) is 37.8 Å². The molecule has 2 aromatic carbocycles. The maximum atomic E-state index is 14.3. The summed E-state index contributed by atoms with van der Waals surface area (Å²) in [6, 6.07) is 12.8. The van der Waals surface area contributed by atoms with E-state index in [-0.39, 0.29) is 36.2 Å². The molecule has 8 heteroatoms. The molecule has 1 heterocycles. The highest BCUT2D eigenvalue weighted by molar-refractivity contribution is 5.96. The summed E-state index contributed by atoms with van der Waals surface area (Å²) < 4.78 is 44.7.